The van der Waals surface area contributed by atoms with Crippen molar-refractivity contribution in [3.63, 3.8) is 0 Å². The first-order valence-corrected chi connectivity index (χ1v) is 6.12. The van der Waals surface area contributed by atoms with Gasteiger partial charge in [-0.05, 0) is 6.92 Å². The zero-order valence-electron chi connectivity index (χ0n) is 8.95. The Labute approximate surface area is 86.9 Å². The van der Waals surface area contributed by atoms with E-state index in [0.29, 0.717) is 19.5 Å². The highest BCUT2D eigenvalue weighted by Crippen LogP contribution is 2.00. The smallest absolute Gasteiger partial charge is 0.198 e. The maximum absolute atomic E-state index is 11.6. The average molecular weight is 218 g/mol. The molecule has 82 valence electrons. The zero-order valence-corrected chi connectivity index (χ0v) is 9.76. The fourth-order valence-corrected chi connectivity index (χ4v) is 2.53. The topological polar surface area (TPSA) is 49.4 Å². The molecule has 0 saturated heterocycles. The van der Waals surface area contributed by atoms with E-state index in [4.69, 9.17) is 6.42 Å². The summed E-state index contributed by atoms with van der Waals surface area (Å²) in [6.45, 7) is 6.29. The largest absolute Gasteiger partial charge is 0.279 e. The molecule has 0 saturated carbocycles. The van der Waals surface area contributed by atoms with E-state index >= 15 is 0 Å². The van der Waals surface area contributed by atoms with Gasteiger partial charge < -0.3 is 0 Å². The second kappa shape index (κ2) is 6.02. The number of hydrogen-bond donors (Lipinski definition) is 1. The van der Waals surface area contributed by atoms with Crippen LogP contribution in [0.25, 0.3) is 0 Å². The van der Waals surface area contributed by atoms with Gasteiger partial charge in [0.2, 0.25) is 0 Å². The molecule has 0 amide bonds. The van der Waals surface area contributed by atoms with Crippen LogP contribution < -0.4 is 4.72 Å². The Kier molecular flexibility index (Phi) is 5.77. The molecule has 0 aromatic carbocycles. The predicted molar refractivity (Wildman–Crippen MR) is 57.9 cm³/mol. The Morgan fingerprint density at radius 1 is 1.43 bits per heavy atom. The number of hydrogen-bond acceptors (Lipinski definition) is 2. The third-order valence-corrected chi connectivity index (χ3v) is 3.72. The van der Waals surface area contributed by atoms with Crippen LogP contribution >= 0.6 is 0 Å². The van der Waals surface area contributed by atoms with Crippen molar-refractivity contribution in [3.8, 4) is 12.3 Å². The third kappa shape index (κ3) is 4.09. The van der Waals surface area contributed by atoms with Crippen LogP contribution in [0.15, 0.2) is 0 Å². The molecule has 5 heteroatoms. The number of nitrogens with zero attached hydrogens (tertiary/aromatic N) is 1. The van der Waals surface area contributed by atoms with Crippen molar-refractivity contribution in [1.82, 2.24) is 9.03 Å². The molecule has 1 atom stereocenters. The van der Waals surface area contributed by atoms with Crippen molar-refractivity contribution in [3.05, 3.63) is 0 Å². The van der Waals surface area contributed by atoms with Crippen LogP contribution in [0.2, 0.25) is 0 Å². The lowest BCUT2D eigenvalue weighted by atomic mass is 10.3. The molecule has 0 rings (SSSR count). The van der Waals surface area contributed by atoms with Gasteiger partial charge in [-0.25, -0.2) is 0 Å². The Bertz CT molecular complexity index is 288. The Morgan fingerprint density at radius 2 is 1.93 bits per heavy atom. The van der Waals surface area contributed by atoms with E-state index in [0.717, 1.165) is 0 Å². The van der Waals surface area contributed by atoms with Gasteiger partial charge in [-0.1, -0.05) is 13.8 Å². The Hall–Kier alpha value is -0.570. The van der Waals surface area contributed by atoms with Gasteiger partial charge in [0.1, 0.15) is 0 Å². The van der Waals surface area contributed by atoms with Crippen molar-refractivity contribution >= 4 is 10.2 Å². The third-order valence-electron chi connectivity index (χ3n) is 1.82. The minimum absolute atomic E-state index is 0.217. The summed E-state index contributed by atoms with van der Waals surface area (Å²) in [6, 6.07) is -0.217. The Morgan fingerprint density at radius 3 is 2.29 bits per heavy atom. The molecule has 0 spiro atoms. The highest BCUT2D eigenvalue weighted by Gasteiger charge is 2.19. The summed E-state index contributed by atoms with van der Waals surface area (Å²) in [4.78, 5) is 0. The maximum Gasteiger partial charge on any atom is 0.279 e. The van der Waals surface area contributed by atoms with Gasteiger partial charge in [0.05, 0.1) is 0 Å². The first-order chi connectivity index (χ1) is 6.47. The molecule has 0 aliphatic heterocycles. The molecule has 0 aliphatic rings. The summed E-state index contributed by atoms with van der Waals surface area (Å²) >= 11 is 0. The zero-order chi connectivity index (χ0) is 11.2. The molecule has 1 unspecified atom stereocenters. The molecule has 0 fully saturated rings. The molecule has 0 bridgehead atoms. The highest BCUT2D eigenvalue weighted by atomic mass is 32.2. The van der Waals surface area contributed by atoms with Crippen LogP contribution in [-0.4, -0.2) is 31.9 Å². The van der Waals surface area contributed by atoms with Gasteiger partial charge in [-0.15, -0.1) is 12.3 Å². The lowest BCUT2D eigenvalue weighted by molar-refractivity contribution is 0.428. The summed E-state index contributed by atoms with van der Waals surface area (Å²) in [5.74, 6) is 2.42. The quantitative estimate of drug-likeness (QED) is 0.663. The molecule has 4 nitrogen and oxygen atoms in total. The first kappa shape index (κ1) is 13.4. The fourth-order valence-electron chi connectivity index (χ4n) is 1.11. The molecule has 0 aromatic heterocycles. The van der Waals surface area contributed by atoms with Gasteiger partial charge in [0.15, 0.2) is 0 Å². The predicted octanol–water partition coefficient (Wildman–Crippen LogP) is 0.574. The van der Waals surface area contributed by atoms with E-state index in [1.165, 1.54) is 4.31 Å². The van der Waals surface area contributed by atoms with E-state index in [-0.39, 0.29) is 6.04 Å². The van der Waals surface area contributed by atoms with E-state index in [9.17, 15) is 8.42 Å². The van der Waals surface area contributed by atoms with Gasteiger partial charge >= 0.3 is 0 Å². The summed E-state index contributed by atoms with van der Waals surface area (Å²) in [6.07, 6.45) is 5.49. The monoisotopic (exact) mass is 218 g/mol. The maximum atomic E-state index is 11.6. The molecular weight excluding hydrogens is 200 g/mol. The normalized spacial score (nSPS) is 13.9. The van der Waals surface area contributed by atoms with E-state index < -0.39 is 10.2 Å². The summed E-state index contributed by atoms with van der Waals surface area (Å²) < 4.78 is 27.1. The lowest BCUT2D eigenvalue weighted by Crippen LogP contribution is -2.44. The minimum atomic E-state index is -3.36. The van der Waals surface area contributed by atoms with Gasteiger partial charge in [0.25, 0.3) is 10.2 Å². The average Bonchev–Trinajstić information content (AvgIpc) is 2.04. The van der Waals surface area contributed by atoms with Crippen LogP contribution in [0.4, 0.5) is 0 Å². The second-order valence-electron chi connectivity index (χ2n) is 3.02. The standard InChI is InChI=1S/C9H18N2O2S/c1-5-8-9(4)10-14(12,13)11(6-2)7-3/h1,9-10H,6-8H2,2-4H3. The van der Waals surface area contributed by atoms with Crippen molar-refractivity contribution < 1.29 is 8.42 Å². The van der Waals surface area contributed by atoms with E-state index in [1.807, 2.05) is 0 Å². The molecule has 14 heavy (non-hydrogen) atoms. The number of terminal acetylenes is 1. The van der Waals surface area contributed by atoms with Crippen LogP contribution in [0, 0.1) is 12.3 Å². The molecular formula is C9H18N2O2S. The lowest BCUT2D eigenvalue weighted by Gasteiger charge is -2.21. The van der Waals surface area contributed by atoms with Crippen molar-refractivity contribution in [2.45, 2.75) is 33.2 Å². The summed E-state index contributed by atoms with van der Waals surface area (Å²) in [5.41, 5.74) is 0. The fraction of sp³-hybridized carbons (Fsp3) is 0.778. The molecule has 0 heterocycles. The molecule has 0 aliphatic carbocycles. The number of nitrogens with one attached hydrogen (secondary N) is 1. The van der Waals surface area contributed by atoms with Crippen LogP contribution in [0.3, 0.4) is 0 Å². The van der Waals surface area contributed by atoms with Gasteiger partial charge in [-0.2, -0.15) is 17.4 Å². The van der Waals surface area contributed by atoms with Crippen LogP contribution in [-0.2, 0) is 10.2 Å². The molecule has 1 N–H and O–H groups in total. The van der Waals surface area contributed by atoms with Gasteiger partial charge in [-0.3, -0.25) is 0 Å². The van der Waals surface area contributed by atoms with E-state index in [1.54, 1.807) is 20.8 Å². The van der Waals surface area contributed by atoms with E-state index in [2.05, 4.69) is 10.6 Å². The van der Waals surface area contributed by atoms with Crippen LogP contribution in [0.1, 0.15) is 27.2 Å². The van der Waals surface area contributed by atoms with Crippen molar-refractivity contribution in [1.29, 1.82) is 0 Å². The number of rotatable bonds is 6. The van der Waals surface area contributed by atoms with Crippen LogP contribution in [0.5, 0.6) is 0 Å². The second-order valence-corrected chi connectivity index (χ2v) is 4.72. The SMILES string of the molecule is C#CCC(C)NS(=O)(=O)N(CC)CC. The summed E-state index contributed by atoms with van der Waals surface area (Å²) in [5, 5.41) is 0. The molecule has 0 radical (unpaired) electrons. The van der Waals surface area contributed by atoms with Crippen molar-refractivity contribution in [2.75, 3.05) is 13.1 Å². The highest BCUT2D eigenvalue weighted by molar-refractivity contribution is 7.87. The molecule has 0 aromatic rings. The summed E-state index contributed by atoms with van der Waals surface area (Å²) in [7, 11) is -3.36. The minimum Gasteiger partial charge on any atom is -0.198 e. The van der Waals surface area contributed by atoms with Gasteiger partial charge in [0, 0.05) is 25.6 Å². The Balaban J connectivity index is 4.41. The first-order valence-electron chi connectivity index (χ1n) is 4.68. The van der Waals surface area contributed by atoms with Crippen molar-refractivity contribution in [2.24, 2.45) is 0 Å².